The lowest BCUT2D eigenvalue weighted by Gasteiger charge is -2.33. The van der Waals surface area contributed by atoms with Crippen molar-refractivity contribution in [2.75, 3.05) is 24.6 Å². The van der Waals surface area contributed by atoms with Crippen molar-refractivity contribution < 1.29 is 9.13 Å². The van der Waals surface area contributed by atoms with Gasteiger partial charge in [-0.2, -0.15) is 5.10 Å². The molecule has 170 valence electrons. The molecular formula is C24H25FN6O2. The van der Waals surface area contributed by atoms with Crippen molar-refractivity contribution in [3.63, 3.8) is 0 Å². The van der Waals surface area contributed by atoms with E-state index in [-0.39, 0.29) is 11.7 Å². The minimum Gasteiger partial charge on any atom is -0.370 e. The SMILES string of the molecule is Cc1ccc(-c2nc(N3CCO[C@H](c4cnn(C)c4)C3)cc3c(=O)n(C)c(C)nc23)c(F)c1. The second-order valence-electron chi connectivity index (χ2n) is 8.48. The lowest BCUT2D eigenvalue weighted by Crippen LogP contribution is -2.39. The number of pyridine rings is 1. The smallest absolute Gasteiger partial charge is 0.261 e. The molecule has 0 spiro atoms. The second-order valence-corrected chi connectivity index (χ2v) is 8.48. The molecule has 1 atom stereocenters. The van der Waals surface area contributed by atoms with E-state index >= 15 is 4.39 Å². The van der Waals surface area contributed by atoms with Crippen molar-refractivity contribution >= 4 is 16.7 Å². The maximum absolute atomic E-state index is 15.0. The number of nitrogens with zero attached hydrogens (tertiary/aromatic N) is 6. The van der Waals surface area contributed by atoms with Crippen LogP contribution in [-0.4, -0.2) is 44.0 Å². The molecule has 33 heavy (non-hydrogen) atoms. The Morgan fingerprint density at radius 2 is 1.97 bits per heavy atom. The summed E-state index contributed by atoms with van der Waals surface area (Å²) in [4.78, 5) is 24.6. The molecule has 1 aromatic carbocycles. The van der Waals surface area contributed by atoms with Crippen LogP contribution >= 0.6 is 0 Å². The first kappa shape index (κ1) is 21.3. The van der Waals surface area contributed by atoms with Gasteiger partial charge in [-0.15, -0.1) is 0 Å². The Morgan fingerprint density at radius 1 is 1.15 bits per heavy atom. The minimum absolute atomic E-state index is 0.177. The second kappa shape index (κ2) is 8.08. The highest BCUT2D eigenvalue weighted by Gasteiger charge is 2.26. The molecule has 0 amide bonds. The summed E-state index contributed by atoms with van der Waals surface area (Å²) in [6.07, 6.45) is 3.54. The monoisotopic (exact) mass is 448 g/mol. The van der Waals surface area contributed by atoms with E-state index in [1.54, 1.807) is 37.0 Å². The molecule has 0 radical (unpaired) electrons. The number of rotatable bonds is 3. The molecule has 0 aliphatic carbocycles. The Kier molecular flexibility index (Phi) is 5.20. The van der Waals surface area contributed by atoms with E-state index < -0.39 is 5.82 Å². The van der Waals surface area contributed by atoms with Crippen LogP contribution in [-0.2, 0) is 18.8 Å². The number of aryl methyl sites for hydroxylation is 3. The third kappa shape index (κ3) is 3.78. The number of benzene rings is 1. The summed E-state index contributed by atoms with van der Waals surface area (Å²) in [6.45, 7) is 5.23. The first-order valence-corrected chi connectivity index (χ1v) is 10.8. The quantitative estimate of drug-likeness (QED) is 0.479. The summed E-state index contributed by atoms with van der Waals surface area (Å²) in [5.74, 6) is 0.743. The highest BCUT2D eigenvalue weighted by molar-refractivity contribution is 5.93. The Morgan fingerprint density at radius 3 is 2.70 bits per heavy atom. The minimum atomic E-state index is -0.392. The molecule has 1 fully saturated rings. The summed E-state index contributed by atoms with van der Waals surface area (Å²) < 4.78 is 24.2. The van der Waals surface area contributed by atoms with Crippen LogP contribution in [0.15, 0.2) is 41.5 Å². The topological polar surface area (TPSA) is 78.1 Å². The van der Waals surface area contributed by atoms with E-state index in [0.29, 0.717) is 53.5 Å². The average Bonchev–Trinajstić information content (AvgIpc) is 3.24. The van der Waals surface area contributed by atoms with Crippen molar-refractivity contribution in [3.8, 4) is 11.3 Å². The van der Waals surface area contributed by atoms with E-state index in [2.05, 4.69) is 15.0 Å². The third-order valence-corrected chi connectivity index (χ3v) is 6.14. The fraction of sp³-hybridized carbons (Fsp3) is 0.333. The van der Waals surface area contributed by atoms with E-state index in [1.165, 1.54) is 10.6 Å². The summed E-state index contributed by atoms with van der Waals surface area (Å²) in [7, 11) is 3.55. The standard InChI is InChI=1S/C24H25FN6O2/c1-14-5-6-17(19(25)9-14)22-23-18(24(32)30(4)15(2)27-23)10-21(28-22)31-7-8-33-20(13-31)16-11-26-29(3)12-16/h5-6,9-12,20H,7-8,13H2,1-4H3/t20-/m0/s1. The number of anilines is 1. The van der Waals surface area contributed by atoms with Crippen LogP contribution in [0.5, 0.6) is 0 Å². The number of hydrogen-bond donors (Lipinski definition) is 0. The molecule has 0 saturated carbocycles. The zero-order chi connectivity index (χ0) is 23.3. The van der Waals surface area contributed by atoms with Gasteiger partial charge in [0.1, 0.15) is 34.8 Å². The molecule has 0 bridgehead atoms. The maximum Gasteiger partial charge on any atom is 0.261 e. The van der Waals surface area contributed by atoms with Gasteiger partial charge in [-0.25, -0.2) is 14.4 Å². The van der Waals surface area contributed by atoms with E-state index in [4.69, 9.17) is 9.72 Å². The zero-order valence-corrected chi connectivity index (χ0v) is 19.0. The molecule has 9 heteroatoms. The molecule has 0 unspecified atom stereocenters. The number of hydrogen-bond acceptors (Lipinski definition) is 6. The van der Waals surface area contributed by atoms with E-state index in [1.807, 2.05) is 26.2 Å². The van der Waals surface area contributed by atoms with E-state index in [9.17, 15) is 4.79 Å². The molecule has 8 nitrogen and oxygen atoms in total. The molecule has 1 saturated heterocycles. The normalized spacial score (nSPS) is 16.5. The summed E-state index contributed by atoms with van der Waals surface area (Å²) in [5, 5.41) is 4.65. The van der Waals surface area contributed by atoms with Crippen LogP contribution < -0.4 is 10.5 Å². The summed E-state index contributed by atoms with van der Waals surface area (Å²) in [5.41, 5.74) is 2.69. The lowest BCUT2D eigenvalue weighted by atomic mass is 10.1. The van der Waals surface area contributed by atoms with Crippen molar-refractivity contribution in [2.24, 2.45) is 14.1 Å². The van der Waals surface area contributed by atoms with Gasteiger partial charge in [0.25, 0.3) is 5.56 Å². The maximum atomic E-state index is 15.0. The number of ether oxygens (including phenoxy) is 1. The van der Waals surface area contributed by atoms with Gasteiger partial charge in [-0.3, -0.25) is 14.0 Å². The van der Waals surface area contributed by atoms with Gasteiger partial charge < -0.3 is 9.64 Å². The van der Waals surface area contributed by atoms with Crippen LogP contribution in [0.3, 0.4) is 0 Å². The number of morpholine rings is 1. The van der Waals surface area contributed by atoms with Gasteiger partial charge in [0.05, 0.1) is 18.2 Å². The largest absolute Gasteiger partial charge is 0.370 e. The van der Waals surface area contributed by atoms with Crippen molar-refractivity contribution in [2.45, 2.75) is 20.0 Å². The molecule has 4 heterocycles. The average molecular weight is 449 g/mol. The lowest BCUT2D eigenvalue weighted by molar-refractivity contribution is 0.0395. The van der Waals surface area contributed by atoms with E-state index in [0.717, 1.165) is 11.1 Å². The van der Waals surface area contributed by atoms with Gasteiger partial charge in [0.2, 0.25) is 0 Å². The molecule has 3 aromatic heterocycles. The Bertz CT molecular complexity index is 1430. The van der Waals surface area contributed by atoms with Crippen LogP contribution in [0, 0.1) is 19.7 Å². The zero-order valence-electron chi connectivity index (χ0n) is 19.0. The fourth-order valence-corrected chi connectivity index (χ4v) is 4.19. The predicted molar refractivity (Wildman–Crippen MR) is 124 cm³/mol. The fourth-order valence-electron chi connectivity index (χ4n) is 4.19. The van der Waals surface area contributed by atoms with Crippen molar-refractivity contribution in [3.05, 3.63) is 69.8 Å². The highest BCUT2D eigenvalue weighted by Crippen LogP contribution is 2.32. The first-order valence-electron chi connectivity index (χ1n) is 10.8. The van der Waals surface area contributed by atoms with Crippen molar-refractivity contribution in [1.29, 1.82) is 0 Å². The Labute approximate surface area is 190 Å². The van der Waals surface area contributed by atoms with Crippen LogP contribution in [0.2, 0.25) is 0 Å². The van der Waals surface area contributed by atoms with Gasteiger partial charge in [-0.1, -0.05) is 6.07 Å². The van der Waals surface area contributed by atoms with Gasteiger partial charge in [0, 0.05) is 44.5 Å². The number of aromatic nitrogens is 5. The van der Waals surface area contributed by atoms with Crippen LogP contribution in [0.4, 0.5) is 10.2 Å². The third-order valence-electron chi connectivity index (χ3n) is 6.14. The summed E-state index contributed by atoms with van der Waals surface area (Å²) >= 11 is 0. The Hall–Kier alpha value is -3.59. The predicted octanol–water partition coefficient (Wildman–Crippen LogP) is 3.06. The Balaban J connectivity index is 1.67. The molecule has 0 N–H and O–H groups in total. The van der Waals surface area contributed by atoms with Crippen LogP contribution in [0.25, 0.3) is 22.2 Å². The molecule has 1 aliphatic rings. The molecule has 1 aliphatic heterocycles. The van der Waals surface area contributed by atoms with Crippen molar-refractivity contribution in [1.82, 2.24) is 24.3 Å². The summed E-state index contributed by atoms with van der Waals surface area (Å²) in [6, 6.07) is 6.75. The van der Waals surface area contributed by atoms with Gasteiger partial charge >= 0.3 is 0 Å². The van der Waals surface area contributed by atoms with Crippen LogP contribution in [0.1, 0.15) is 23.1 Å². The molecule has 5 rings (SSSR count). The number of halogens is 1. The molecular weight excluding hydrogens is 423 g/mol. The number of fused-ring (bicyclic) bond motifs is 1. The van der Waals surface area contributed by atoms with Gasteiger partial charge in [-0.05, 0) is 37.6 Å². The van der Waals surface area contributed by atoms with Gasteiger partial charge in [0.15, 0.2) is 0 Å². The highest BCUT2D eigenvalue weighted by atomic mass is 19.1. The molecule has 4 aromatic rings. The first-order chi connectivity index (χ1) is 15.8.